The maximum Gasteiger partial charge on any atom is 0.336 e. The van der Waals surface area contributed by atoms with Gasteiger partial charge < -0.3 is 16.2 Å². The molecule has 0 unspecified atom stereocenters. The third kappa shape index (κ3) is 4.06. The normalized spacial score (nSPS) is 12.3. The molecule has 1 aromatic carbocycles. The molecule has 0 heterocycles. The Balaban J connectivity index is 2.93. The summed E-state index contributed by atoms with van der Waals surface area (Å²) in [7, 11) is 0. The van der Waals surface area contributed by atoms with Crippen molar-refractivity contribution < 1.29 is 14.7 Å². The fourth-order valence-electron chi connectivity index (χ4n) is 2.00. The molecule has 0 saturated carbocycles. The van der Waals surface area contributed by atoms with E-state index in [1.807, 2.05) is 20.8 Å². The number of amides is 1. The fraction of sp³-hybridized carbons (Fsp3) is 0.467. The van der Waals surface area contributed by atoms with Crippen LogP contribution in [0.3, 0.4) is 0 Å². The maximum atomic E-state index is 11.9. The second-order valence-corrected chi connectivity index (χ2v) is 5.50. The van der Waals surface area contributed by atoms with Crippen LogP contribution in [0, 0.1) is 19.8 Å². The maximum absolute atomic E-state index is 11.9. The lowest BCUT2D eigenvalue weighted by molar-refractivity contribution is -0.117. The zero-order chi connectivity index (χ0) is 15.4. The van der Waals surface area contributed by atoms with E-state index in [4.69, 9.17) is 10.8 Å². The van der Waals surface area contributed by atoms with E-state index in [0.717, 1.165) is 5.56 Å². The van der Waals surface area contributed by atoms with Gasteiger partial charge in [0.15, 0.2) is 0 Å². The van der Waals surface area contributed by atoms with Crippen molar-refractivity contribution in [3.63, 3.8) is 0 Å². The lowest BCUT2D eigenvalue weighted by Crippen LogP contribution is -2.36. The Morgan fingerprint density at radius 3 is 2.40 bits per heavy atom. The summed E-state index contributed by atoms with van der Waals surface area (Å²) in [4.78, 5) is 23.1. The number of nitrogens with one attached hydrogen (secondary N) is 1. The number of hydrogen-bond acceptors (Lipinski definition) is 3. The van der Waals surface area contributed by atoms with Crippen LogP contribution in [0.1, 0.15) is 41.8 Å². The summed E-state index contributed by atoms with van der Waals surface area (Å²) in [6.07, 6.45) is 0.586. The van der Waals surface area contributed by atoms with E-state index in [0.29, 0.717) is 23.6 Å². The van der Waals surface area contributed by atoms with E-state index in [9.17, 15) is 9.59 Å². The molecule has 110 valence electrons. The first-order valence-corrected chi connectivity index (χ1v) is 6.63. The number of carboxylic acid groups (broad SMARTS) is 1. The van der Waals surface area contributed by atoms with Crippen molar-refractivity contribution in [1.82, 2.24) is 0 Å². The van der Waals surface area contributed by atoms with Gasteiger partial charge in [-0.05, 0) is 49.4 Å². The fourth-order valence-corrected chi connectivity index (χ4v) is 2.00. The molecule has 0 fully saturated rings. The molecule has 0 aliphatic heterocycles. The van der Waals surface area contributed by atoms with Gasteiger partial charge in [0, 0.05) is 5.69 Å². The van der Waals surface area contributed by atoms with Crippen molar-refractivity contribution >= 4 is 17.6 Å². The number of aryl methyl sites for hydroxylation is 1. The summed E-state index contributed by atoms with van der Waals surface area (Å²) in [6, 6.07) is 2.62. The largest absolute Gasteiger partial charge is 0.478 e. The molecule has 4 N–H and O–H groups in total. The quantitative estimate of drug-likeness (QED) is 0.770. The van der Waals surface area contributed by atoms with Gasteiger partial charge in [-0.25, -0.2) is 4.79 Å². The Hall–Kier alpha value is -1.88. The van der Waals surface area contributed by atoms with Crippen LogP contribution in [0.2, 0.25) is 0 Å². The van der Waals surface area contributed by atoms with Crippen molar-refractivity contribution in [3.05, 3.63) is 28.8 Å². The lowest BCUT2D eigenvalue weighted by Gasteiger charge is -2.15. The second-order valence-electron chi connectivity index (χ2n) is 5.50. The first-order chi connectivity index (χ1) is 9.22. The molecule has 1 aromatic rings. The molecule has 1 amide bonds. The Bertz CT molecular complexity index is 524. The number of carbonyl (C=O) groups is 2. The van der Waals surface area contributed by atoms with E-state index < -0.39 is 12.0 Å². The van der Waals surface area contributed by atoms with Crippen LogP contribution < -0.4 is 11.1 Å². The Morgan fingerprint density at radius 2 is 1.90 bits per heavy atom. The van der Waals surface area contributed by atoms with E-state index in [-0.39, 0.29) is 11.5 Å². The number of anilines is 1. The van der Waals surface area contributed by atoms with Gasteiger partial charge in [0.25, 0.3) is 0 Å². The Morgan fingerprint density at radius 1 is 1.30 bits per heavy atom. The molecule has 0 radical (unpaired) electrons. The molecule has 20 heavy (non-hydrogen) atoms. The minimum Gasteiger partial charge on any atom is -0.478 e. The molecule has 0 bridgehead atoms. The Kier molecular flexibility index (Phi) is 5.27. The molecule has 0 aliphatic rings. The molecule has 0 saturated heterocycles. The van der Waals surface area contributed by atoms with Crippen molar-refractivity contribution in [2.45, 2.75) is 40.2 Å². The van der Waals surface area contributed by atoms with Crippen molar-refractivity contribution in [1.29, 1.82) is 0 Å². The van der Waals surface area contributed by atoms with Crippen molar-refractivity contribution in [2.24, 2.45) is 11.7 Å². The van der Waals surface area contributed by atoms with Gasteiger partial charge >= 0.3 is 5.97 Å². The molecule has 0 aliphatic carbocycles. The third-order valence-electron chi connectivity index (χ3n) is 3.23. The number of carboxylic acids is 1. The van der Waals surface area contributed by atoms with E-state index in [1.54, 1.807) is 13.0 Å². The Labute approximate surface area is 119 Å². The summed E-state index contributed by atoms with van der Waals surface area (Å²) in [5, 5.41) is 11.8. The number of hydrogen-bond donors (Lipinski definition) is 3. The first-order valence-electron chi connectivity index (χ1n) is 6.63. The molecule has 5 nitrogen and oxygen atoms in total. The van der Waals surface area contributed by atoms with Gasteiger partial charge in [0.2, 0.25) is 5.91 Å². The molecular formula is C15H22N2O3. The number of nitrogens with two attached hydrogens (primary N) is 1. The second kappa shape index (κ2) is 6.52. The highest BCUT2D eigenvalue weighted by Crippen LogP contribution is 2.20. The number of rotatable bonds is 5. The zero-order valence-corrected chi connectivity index (χ0v) is 12.4. The van der Waals surface area contributed by atoms with Crippen LogP contribution in [0.15, 0.2) is 12.1 Å². The summed E-state index contributed by atoms with van der Waals surface area (Å²) in [5.74, 6) is -0.975. The molecule has 0 spiro atoms. The van der Waals surface area contributed by atoms with E-state index in [1.165, 1.54) is 6.07 Å². The van der Waals surface area contributed by atoms with Crippen LogP contribution >= 0.6 is 0 Å². The van der Waals surface area contributed by atoms with Crippen LogP contribution in [-0.2, 0) is 4.79 Å². The van der Waals surface area contributed by atoms with Crippen LogP contribution in [-0.4, -0.2) is 23.0 Å². The molecule has 1 rings (SSSR count). The van der Waals surface area contributed by atoms with Crippen LogP contribution in [0.25, 0.3) is 0 Å². The smallest absolute Gasteiger partial charge is 0.336 e. The van der Waals surface area contributed by atoms with Crippen molar-refractivity contribution in [2.75, 3.05) is 5.32 Å². The number of benzene rings is 1. The number of carbonyl (C=O) groups excluding carboxylic acids is 1. The molecule has 0 aromatic heterocycles. The van der Waals surface area contributed by atoms with Gasteiger partial charge in [-0.15, -0.1) is 0 Å². The summed E-state index contributed by atoms with van der Waals surface area (Å²) in [5.41, 5.74) is 7.98. The van der Waals surface area contributed by atoms with Gasteiger partial charge in [0.1, 0.15) is 0 Å². The van der Waals surface area contributed by atoms with Gasteiger partial charge in [0.05, 0.1) is 11.6 Å². The first kappa shape index (κ1) is 16.2. The van der Waals surface area contributed by atoms with E-state index in [2.05, 4.69) is 5.32 Å². The minimum atomic E-state index is -1.01. The minimum absolute atomic E-state index is 0.192. The standard InChI is InChI=1S/C15H22N2O3/c1-8(2)5-13(16)14(18)17-11-6-9(3)10(4)12(7-11)15(19)20/h6-8,13H,5,16H2,1-4H3,(H,17,18)(H,19,20)/t13-/m0/s1. The van der Waals surface area contributed by atoms with Crippen LogP contribution in [0.5, 0.6) is 0 Å². The van der Waals surface area contributed by atoms with Crippen molar-refractivity contribution in [3.8, 4) is 0 Å². The summed E-state index contributed by atoms with van der Waals surface area (Å²) >= 11 is 0. The third-order valence-corrected chi connectivity index (χ3v) is 3.23. The monoisotopic (exact) mass is 278 g/mol. The molecule has 1 atom stereocenters. The lowest BCUT2D eigenvalue weighted by atomic mass is 10.0. The zero-order valence-electron chi connectivity index (χ0n) is 12.4. The highest BCUT2D eigenvalue weighted by atomic mass is 16.4. The van der Waals surface area contributed by atoms with Crippen LogP contribution in [0.4, 0.5) is 5.69 Å². The summed E-state index contributed by atoms with van der Waals surface area (Å²) in [6.45, 7) is 7.54. The van der Waals surface area contributed by atoms with Gasteiger partial charge in [-0.1, -0.05) is 13.8 Å². The molecule has 5 heteroatoms. The predicted octanol–water partition coefficient (Wildman–Crippen LogP) is 2.31. The number of aromatic carboxylic acids is 1. The molecular weight excluding hydrogens is 256 g/mol. The predicted molar refractivity (Wildman–Crippen MR) is 78.9 cm³/mol. The average molecular weight is 278 g/mol. The van der Waals surface area contributed by atoms with Gasteiger partial charge in [-0.3, -0.25) is 4.79 Å². The van der Waals surface area contributed by atoms with Gasteiger partial charge in [-0.2, -0.15) is 0 Å². The van der Waals surface area contributed by atoms with E-state index >= 15 is 0 Å². The average Bonchev–Trinajstić information content (AvgIpc) is 2.32. The SMILES string of the molecule is Cc1cc(NC(=O)[C@@H](N)CC(C)C)cc(C(=O)O)c1C. The highest BCUT2D eigenvalue weighted by Gasteiger charge is 2.17. The summed E-state index contributed by atoms with van der Waals surface area (Å²) < 4.78 is 0. The topological polar surface area (TPSA) is 92.4 Å². The highest BCUT2D eigenvalue weighted by molar-refractivity contribution is 5.97.